The molecule has 2 saturated heterocycles. The Morgan fingerprint density at radius 3 is 2.70 bits per heavy atom. The van der Waals surface area contributed by atoms with Crippen molar-refractivity contribution in [3.05, 3.63) is 29.3 Å². The van der Waals surface area contributed by atoms with E-state index in [-0.39, 0.29) is 18.8 Å². The minimum absolute atomic E-state index is 0.0117. The Kier molecular flexibility index (Phi) is 5.54. The SMILES string of the molecule is CCOc1ccc(CN2C[C@H](O)[C@@H](N3CCCC3)C2)cc1CO. The van der Waals surface area contributed by atoms with E-state index in [1.54, 1.807) is 0 Å². The highest BCUT2D eigenvalue weighted by Gasteiger charge is 2.36. The molecule has 1 aromatic carbocycles. The Labute approximate surface area is 138 Å². The number of rotatable bonds is 6. The molecule has 0 amide bonds. The van der Waals surface area contributed by atoms with Crippen LogP contribution in [0.1, 0.15) is 30.9 Å². The lowest BCUT2D eigenvalue weighted by Gasteiger charge is -2.25. The van der Waals surface area contributed by atoms with E-state index in [2.05, 4.69) is 15.9 Å². The van der Waals surface area contributed by atoms with Crippen molar-refractivity contribution in [2.24, 2.45) is 0 Å². The van der Waals surface area contributed by atoms with Crippen LogP contribution < -0.4 is 4.74 Å². The van der Waals surface area contributed by atoms with Crippen LogP contribution in [0.15, 0.2) is 18.2 Å². The van der Waals surface area contributed by atoms with Gasteiger partial charge in [-0.15, -0.1) is 0 Å². The van der Waals surface area contributed by atoms with Gasteiger partial charge < -0.3 is 14.9 Å². The molecule has 5 nitrogen and oxygen atoms in total. The van der Waals surface area contributed by atoms with Crippen molar-refractivity contribution in [3.63, 3.8) is 0 Å². The molecule has 23 heavy (non-hydrogen) atoms. The first-order chi connectivity index (χ1) is 11.2. The van der Waals surface area contributed by atoms with Crippen molar-refractivity contribution in [2.45, 2.75) is 45.1 Å². The molecule has 5 heteroatoms. The zero-order chi connectivity index (χ0) is 16.2. The fraction of sp³-hybridized carbons (Fsp3) is 0.667. The van der Waals surface area contributed by atoms with Gasteiger partial charge in [-0.2, -0.15) is 0 Å². The Hall–Kier alpha value is -1.14. The molecule has 1 aromatic rings. The number of likely N-dealkylation sites (tertiary alicyclic amines) is 2. The van der Waals surface area contributed by atoms with Crippen molar-refractivity contribution < 1.29 is 14.9 Å². The molecule has 0 bridgehead atoms. The number of ether oxygens (including phenoxy) is 1. The third-order valence-electron chi connectivity index (χ3n) is 4.95. The van der Waals surface area contributed by atoms with Crippen LogP contribution in [0.4, 0.5) is 0 Å². The van der Waals surface area contributed by atoms with E-state index < -0.39 is 0 Å². The van der Waals surface area contributed by atoms with Gasteiger partial charge in [-0.25, -0.2) is 0 Å². The van der Waals surface area contributed by atoms with Gasteiger partial charge in [-0.05, 0) is 50.6 Å². The summed E-state index contributed by atoms with van der Waals surface area (Å²) in [5.41, 5.74) is 1.99. The van der Waals surface area contributed by atoms with Gasteiger partial charge in [0.15, 0.2) is 0 Å². The predicted octanol–water partition coefficient (Wildman–Crippen LogP) is 1.22. The van der Waals surface area contributed by atoms with Gasteiger partial charge in [-0.1, -0.05) is 6.07 Å². The van der Waals surface area contributed by atoms with Crippen LogP contribution in [-0.2, 0) is 13.2 Å². The second kappa shape index (κ2) is 7.62. The standard InChI is InChI=1S/C18H28N2O3/c1-2-23-18-6-5-14(9-15(18)13-21)10-19-11-16(17(22)12-19)20-7-3-4-8-20/h5-6,9,16-17,21-22H,2-4,7-8,10-13H2,1H3/t16-,17-/m0/s1. The summed E-state index contributed by atoms with van der Waals surface area (Å²) in [6, 6.07) is 6.28. The fourth-order valence-electron chi connectivity index (χ4n) is 3.82. The molecule has 2 heterocycles. The summed E-state index contributed by atoms with van der Waals surface area (Å²) in [5, 5.41) is 19.9. The normalized spacial score (nSPS) is 26.0. The third-order valence-corrected chi connectivity index (χ3v) is 4.95. The molecule has 0 radical (unpaired) electrons. The van der Waals surface area contributed by atoms with Crippen LogP contribution in [0.5, 0.6) is 5.75 Å². The second-order valence-corrected chi connectivity index (χ2v) is 6.61. The number of hydrogen-bond donors (Lipinski definition) is 2. The Morgan fingerprint density at radius 2 is 2.00 bits per heavy atom. The van der Waals surface area contributed by atoms with E-state index in [1.807, 2.05) is 19.1 Å². The van der Waals surface area contributed by atoms with E-state index in [0.717, 1.165) is 49.6 Å². The van der Waals surface area contributed by atoms with E-state index >= 15 is 0 Å². The van der Waals surface area contributed by atoms with Gasteiger partial charge in [0.05, 0.1) is 19.3 Å². The highest BCUT2D eigenvalue weighted by molar-refractivity contribution is 5.37. The summed E-state index contributed by atoms with van der Waals surface area (Å²) in [4.78, 5) is 4.74. The van der Waals surface area contributed by atoms with Crippen LogP contribution in [0.3, 0.4) is 0 Å². The molecule has 2 atom stereocenters. The number of hydrogen-bond acceptors (Lipinski definition) is 5. The second-order valence-electron chi connectivity index (χ2n) is 6.61. The molecule has 128 valence electrons. The summed E-state index contributed by atoms with van der Waals surface area (Å²) in [7, 11) is 0. The topological polar surface area (TPSA) is 56.2 Å². The number of nitrogens with zero attached hydrogens (tertiary/aromatic N) is 2. The summed E-state index contributed by atoms with van der Waals surface area (Å²) < 4.78 is 5.53. The molecule has 0 spiro atoms. The molecule has 0 unspecified atom stereocenters. The summed E-state index contributed by atoms with van der Waals surface area (Å²) >= 11 is 0. The molecule has 2 aliphatic rings. The summed E-state index contributed by atoms with van der Waals surface area (Å²) in [6.07, 6.45) is 2.25. The van der Waals surface area contributed by atoms with Crippen molar-refractivity contribution in [2.75, 3.05) is 32.8 Å². The Morgan fingerprint density at radius 1 is 1.22 bits per heavy atom. The molecular weight excluding hydrogens is 292 g/mol. The van der Waals surface area contributed by atoms with Gasteiger partial charge in [-0.3, -0.25) is 9.80 Å². The number of β-amino-alcohol motifs (C(OH)–C–C–N with tert-alkyl or cyclic N) is 1. The van der Waals surface area contributed by atoms with Gasteiger partial charge in [0, 0.05) is 31.2 Å². The summed E-state index contributed by atoms with van der Waals surface area (Å²) in [6.45, 7) is 7.22. The van der Waals surface area contributed by atoms with E-state index in [9.17, 15) is 10.2 Å². The molecule has 3 rings (SSSR count). The van der Waals surface area contributed by atoms with Crippen molar-refractivity contribution in [1.82, 2.24) is 9.80 Å². The maximum Gasteiger partial charge on any atom is 0.124 e. The van der Waals surface area contributed by atoms with Gasteiger partial charge >= 0.3 is 0 Å². The zero-order valence-electron chi connectivity index (χ0n) is 13.9. The van der Waals surface area contributed by atoms with Crippen LogP contribution in [-0.4, -0.2) is 64.9 Å². The predicted molar refractivity (Wildman–Crippen MR) is 89.4 cm³/mol. The molecule has 0 aromatic heterocycles. The minimum Gasteiger partial charge on any atom is -0.494 e. The average Bonchev–Trinajstić information content (AvgIpc) is 3.18. The monoisotopic (exact) mass is 320 g/mol. The summed E-state index contributed by atoms with van der Waals surface area (Å²) in [5.74, 6) is 0.759. The zero-order valence-corrected chi connectivity index (χ0v) is 13.9. The first kappa shape index (κ1) is 16.7. The molecule has 0 saturated carbocycles. The first-order valence-electron chi connectivity index (χ1n) is 8.71. The van der Waals surface area contributed by atoms with E-state index in [0.29, 0.717) is 6.61 Å². The number of aliphatic hydroxyl groups excluding tert-OH is 2. The molecule has 2 N–H and O–H groups in total. The van der Waals surface area contributed by atoms with E-state index in [4.69, 9.17) is 4.74 Å². The van der Waals surface area contributed by atoms with Gasteiger partial charge in [0.25, 0.3) is 0 Å². The van der Waals surface area contributed by atoms with Crippen LogP contribution in [0.2, 0.25) is 0 Å². The number of aliphatic hydroxyl groups is 2. The third kappa shape index (κ3) is 3.86. The minimum atomic E-state index is -0.256. The maximum atomic E-state index is 10.4. The smallest absolute Gasteiger partial charge is 0.124 e. The molecular formula is C18H28N2O3. The van der Waals surface area contributed by atoms with Crippen LogP contribution in [0, 0.1) is 0 Å². The molecule has 0 aliphatic carbocycles. The highest BCUT2D eigenvalue weighted by atomic mass is 16.5. The lowest BCUT2D eigenvalue weighted by molar-refractivity contribution is 0.0978. The Bertz CT molecular complexity index is 517. The quantitative estimate of drug-likeness (QED) is 0.825. The van der Waals surface area contributed by atoms with Gasteiger partial charge in [0.1, 0.15) is 5.75 Å². The van der Waals surface area contributed by atoms with Gasteiger partial charge in [0.2, 0.25) is 0 Å². The lowest BCUT2D eigenvalue weighted by Crippen LogP contribution is -2.41. The van der Waals surface area contributed by atoms with Crippen LogP contribution in [0.25, 0.3) is 0 Å². The first-order valence-corrected chi connectivity index (χ1v) is 8.71. The highest BCUT2D eigenvalue weighted by Crippen LogP contribution is 2.25. The Balaban J connectivity index is 1.63. The number of benzene rings is 1. The van der Waals surface area contributed by atoms with Crippen LogP contribution >= 0.6 is 0 Å². The van der Waals surface area contributed by atoms with Crippen molar-refractivity contribution in [3.8, 4) is 5.75 Å². The maximum absolute atomic E-state index is 10.4. The molecule has 2 fully saturated rings. The average molecular weight is 320 g/mol. The van der Waals surface area contributed by atoms with Crippen molar-refractivity contribution in [1.29, 1.82) is 0 Å². The van der Waals surface area contributed by atoms with Crippen molar-refractivity contribution >= 4 is 0 Å². The lowest BCUT2D eigenvalue weighted by atomic mass is 10.1. The largest absolute Gasteiger partial charge is 0.494 e. The molecule has 2 aliphatic heterocycles. The van der Waals surface area contributed by atoms with E-state index in [1.165, 1.54) is 12.8 Å². The fourth-order valence-corrected chi connectivity index (χ4v) is 3.82.